The second-order valence-electron chi connectivity index (χ2n) is 1.15. The largest absolute Gasteiger partial charge is 0.240 e. The van der Waals surface area contributed by atoms with Gasteiger partial charge in [-0.1, -0.05) is 6.08 Å². The number of nitrogens with zero attached hydrogens (tertiary/aromatic N) is 2. The molecule has 0 spiro atoms. The van der Waals surface area contributed by atoms with Crippen LogP contribution in [0.3, 0.4) is 0 Å². The molecule has 0 aromatic heterocycles. The van der Waals surface area contributed by atoms with E-state index in [1.54, 1.807) is 0 Å². The zero-order chi connectivity index (χ0) is 7.28. The molecule has 0 unspecified atom stereocenters. The molecular weight excluding hydrogens is 342 g/mol. The van der Waals surface area contributed by atoms with Crippen molar-refractivity contribution in [2.75, 3.05) is 0 Å². The second kappa shape index (κ2) is 5.33. The number of hydrogen-bond donors (Lipinski definition) is 0. The Kier molecular flexibility index (Phi) is 5.65. The summed E-state index contributed by atoms with van der Waals surface area (Å²) in [6, 6.07) is 0. The molecule has 0 saturated carbocycles. The molecule has 50 valence electrons. The first-order valence-corrected chi connectivity index (χ1v) is 4.39. The first kappa shape index (κ1) is 9.54. The summed E-state index contributed by atoms with van der Waals surface area (Å²) in [7, 11) is 0. The number of rotatable bonds is 1. The Morgan fingerprint density at radius 1 is 1.56 bits per heavy atom. The normalized spacial score (nSPS) is 13.7. The summed E-state index contributed by atoms with van der Waals surface area (Å²) in [5.41, 5.74) is 0. The van der Waals surface area contributed by atoms with Crippen molar-refractivity contribution >= 4 is 55.7 Å². The first-order valence-electron chi connectivity index (χ1n) is 2.23. The van der Waals surface area contributed by atoms with Crippen molar-refractivity contribution in [2.24, 2.45) is 9.98 Å². The quantitative estimate of drug-likeness (QED) is 0.301. The molecule has 4 heteroatoms. The summed E-state index contributed by atoms with van der Waals surface area (Å²) in [6.07, 6.45) is 1.91. The highest BCUT2D eigenvalue weighted by molar-refractivity contribution is 14.1. The minimum Gasteiger partial charge on any atom is -0.240 e. The van der Waals surface area contributed by atoms with E-state index in [-0.39, 0.29) is 0 Å². The van der Waals surface area contributed by atoms with Crippen molar-refractivity contribution in [2.45, 2.75) is 6.92 Å². The van der Waals surface area contributed by atoms with Crippen molar-refractivity contribution in [3.8, 4) is 0 Å². The minimum absolute atomic E-state index is 0.676. The zero-order valence-corrected chi connectivity index (χ0v) is 9.25. The van der Waals surface area contributed by atoms with Crippen LogP contribution in [0.2, 0.25) is 0 Å². The van der Waals surface area contributed by atoms with Gasteiger partial charge in [-0.2, -0.15) is 0 Å². The van der Waals surface area contributed by atoms with Crippen LogP contribution < -0.4 is 0 Å². The standard InChI is InChI=1S/C5H6I2N2/c1-3-4(6)9-5(7)8-2/h3H,2H2,1H3/b4-3-,9-5-. The van der Waals surface area contributed by atoms with E-state index in [4.69, 9.17) is 0 Å². The van der Waals surface area contributed by atoms with E-state index in [1.165, 1.54) is 0 Å². The van der Waals surface area contributed by atoms with Crippen LogP contribution in [-0.4, -0.2) is 10.6 Å². The summed E-state index contributed by atoms with van der Waals surface area (Å²) in [5, 5.41) is 0. The van der Waals surface area contributed by atoms with Gasteiger partial charge in [0.15, 0.2) is 3.84 Å². The van der Waals surface area contributed by atoms with Gasteiger partial charge in [-0.15, -0.1) is 0 Å². The Hall–Kier alpha value is 0.540. The predicted molar refractivity (Wildman–Crippen MR) is 58.8 cm³/mol. The van der Waals surface area contributed by atoms with Gasteiger partial charge in [-0.3, -0.25) is 0 Å². The molecule has 0 aliphatic carbocycles. The van der Waals surface area contributed by atoms with Crippen molar-refractivity contribution in [3.63, 3.8) is 0 Å². The average Bonchev–Trinajstić information content (AvgIpc) is 1.87. The van der Waals surface area contributed by atoms with E-state index in [0.717, 1.165) is 3.70 Å². The molecule has 0 fully saturated rings. The van der Waals surface area contributed by atoms with E-state index < -0.39 is 0 Å². The molecule has 0 rings (SSSR count). The van der Waals surface area contributed by atoms with Crippen LogP contribution in [0.25, 0.3) is 0 Å². The topological polar surface area (TPSA) is 24.7 Å². The molecular formula is C5H6I2N2. The van der Waals surface area contributed by atoms with Crippen LogP contribution in [0.1, 0.15) is 6.92 Å². The predicted octanol–water partition coefficient (Wildman–Crippen LogP) is 2.77. The lowest BCUT2D eigenvalue weighted by Crippen LogP contribution is -1.75. The van der Waals surface area contributed by atoms with Gasteiger partial charge in [0.1, 0.15) is 0 Å². The molecule has 9 heavy (non-hydrogen) atoms. The van der Waals surface area contributed by atoms with E-state index in [2.05, 4.69) is 39.3 Å². The fourth-order valence-electron chi connectivity index (χ4n) is 0.188. The summed E-state index contributed by atoms with van der Waals surface area (Å²) in [5.74, 6) is 0. The molecule has 0 heterocycles. The Morgan fingerprint density at radius 3 is 2.44 bits per heavy atom. The van der Waals surface area contributed by atoms with Crippen LogP contribution in [0.15, 0.2) is 19.8 Å². The number of hydrogen-bond acceptors (Lipinski definition) is 1. The number of allylic oxidation sites excluding steroid dienone is 1. The fraction of sp³-hybridized carbons (Fsp3) is 0.200. The van der Waals surface area contributed by atoms with Crippen LogP contribution in [0.5, 0.6) is 0 Å². The van der Waals surface area contributed by atoms with E-state index >= 15 is 0 Å². The van der Waals surface area contributed by atoms with Crippen molar-refractivity contribution < 1.29 is 0 Å². The molecule has 0 radical (unpaired) electrons. The third-order valence-corrected chi connectivity index (χ3v) is 2.01. The van der Waals surface area contributed by atoms with Gasteiger partial charge in [0.25, 0.3) is 0 Å². The van der Waals surface area contributed by atoms with Gasteiger partial charge in [0, 0.05) is 22.6 Å². The van der Waals surface area contributed by atoms with Gasteiger partial charge in [-0.05, 0) is 36.2 Å². The second-order valence-corrected chi connectivity index (χ2v) is 3.22. The highest BCUT2D eigenvalue weighted by Gasteiger charge is 1.85. The van der Waals surface area contributed by atoms with Crippen LogP contribution >= 0.6 is 45.2 Å². The van der Waals surface area contributed by atoms with Gasteiger partial charge < -0.3 is 0 Å². The summed E-state index contributed by atoms with van der Waals surface area (Å²) < 4.78 is 1.61. The Balaban J connectivity index is 4.11. The van der Waals surface area contributed by atoms with Crippen LogP contribution in [-0.2, 0) is 0 Å². The van der Waals surface area contributed by atoms with E-state index in [1.807, 2.05) is 35.6 Å². The Morgan fingerprint density at radius 2 is 2.11 bits per heavy atom. The van der Waals surface area contributed by atoms with Gasteiger partial charge >= 0.3 is 0 Å². The minimum atomic E-state index is 0.676. The number of amidine groups is 1. The van der Waals surface area contributed by atoms with Crippen LogP contribution in [0.4, 0.5) is 0 Å². The summed E-state index contributed by atoms with van der Waals surface area (Å²) in [6.45, 7) is 5.26. The average molecular weight is 348 g/mol. The maximum absolute atomic E-state index is 4.04. The molecule has 0 aliphatic rings. The Labute approximate surface area is 81.8 Å². The van der Waals surface area contributed by atoms with Crippen molar-refractivity contribution in [1.82, 2.24) is 0 Å². The van der Waals surface area contributed by atoms with E-state index in [0.29, 0.717) is 3.84 Å². The molecule has 0 saturated heterocycles. The highest BCUT2D eigenvalue weighted by atomic mass is 127. The monoisotopic (exact) mass is 348 g/mol. The molecule has 0 atom stereocenters. The first-order chi connectivity index (χ1) is 4.20. The van der Waals surface area contributed by atoms with Gasteiger partial charge in [-0.25, -0.2) is 9.98 Å². The van der Waals surface area contributed by atoms with Crippen molar-refractivity contribution in [1.29, 1.82) is 0 Å². The molecule has 0 amide bonds. The molecule has 0 bridgehead atoms. The molecule has 0 aliphatic heterocycles. The fourth-order valence-corrected chi connectivity index (χ4v) is 1.14. The third-order valence-electron chi connectivity index (χ3n) is 0.568. The van der Waals surface area contributed by atoms with Gasteiger partial charge in [0.2, 0.25) is 0 Å². The lowest BCUT2D eigenvalue weighted by atomic mass is 10.7. The maximum atomic E-state index is 4.04. The maximum Gasteiger partial charge on any atom is 0.191 e. The number of aliphatic imine (C=N–C) groups is 2. The molecule has 0 aromatic rings. The summed E-state index contributed by atoms with van der Waals surface area (Å²) >= 11 is 4.14. The third kappa shape index (κ3) is 5.01. The molecule has 0 aromatic carbocycles. The van der Waals surface area contributed by atoms with Crippen molar-refractivity contribution in [3.05, 3.63) is 9.78 Å². The van der Waals surface area contributed by atoms with Crippen LogP contribution in [0, 0.1) is 0 Å². The zero-order valence-electron chi connectivity index (χ0n) is 4.93. The van der Waals surface area contributed by atoms with Gasteiger partial charge in [0.05, 0.1) is 3.70 Å². The SMILES string of the molecule is C=N/C(I)=N\C(I)=C/C. The molecule has 0 N–H and O–H groups in total. The lowest BCUT2D eigenvalue weighted by Gasteiger charge is -1.86. The van der Waals surface area contributed by atoms with E-state index in [9.17, 15) is 0 Å². The lowest BCUT2D eigenvalue weighted by molar-refractivity contribution is 1.50. The highest BCUT2D eigenvalue weighted by Crippen LogP contribution is 2.09. The smallest absolute Gasteiger partial charge is 0.191 e. The molecule has 2 nitrogen and oxygen atoms in total. The Bertz CT molecular complexity index is 160. The summed E-state index contributed by atoms with van der Waals surface area (Å²) in [4.78, 5) is 7.65. The number of halogens is 2.